The lowest BCUT2D eigenvalue weighted by atomic mass is 9.86. The average molecular weight is 284 g/mol. The van der Waals surface area contributed by atoms with Crippen LogP contribution < -0.4 is 5.73 Å². The van der Waals surface area contributed by atoms with Gasteiger partial charge in [-0.2, -0.15) is 11.8 Å². The smallest absolute Gasteiger partial charge is 0.0795 e. The van der Waals surface area contributed by atoms with Crippen LogP contribution in [0.5, 0.6) is 0 Å². The molecule has 0 bridgehead atoms. The fraction of sp³-hybridized carbons (Fsp3) is 1.00. The van der Waals surface area contributed by atoms with Crippen molar-refractivity contribution < 1.29 is 4.74 Å². The molecular formula is C15H28N2OS. The number of hydrogen-bond acceptors (Lipinski definition) is 4. The maximum absolute atomic E-state index is 6.14. The monoisotopic (exact) mass is 284 g/mol. The minimum Gasteiger partial charge on any atom is -0.374 e. The molecule has 3 nitrogen and oxygen atoms in total. The number of likely N-dealkylation sites (tertiary alicyclic amines) is 1. The van der Waals surface area contributed by atoms with Crippen molar-refractivity contribution >= 4 is 11.8 Å². The second-order valence-corrected chi connectivity index (χ2v) is 7.64. The van der Waals surface area contributed by atoms with Gasteiger partial charge in [0, 0.05) is 18.4 Å². The lowest BCUT2D eigenvalue weighted by molar-refractivity contribution is -0.0929. The molecule has 0 saturated carbocycles. The zero-order valence-corrected chi connectivity index (χ0v) is 12.8. The number of nitrogens with two attached hydrogens (primary N) is 1. The van der Waals surface area contributed by atoms with Crippen molar-refractivity contribution in [3.63, 3.8) is 0 Å². The third-order valence-electron chi connectivity index (χ3n) is 5.27. The molecule has 4 heteroatoms. The second kappa shape index (κ2) is 6.33. The van der Waals surface area contributed by atoms with E-state index >= 15 is 0 Å². The summed E-state index contributed by atoms with van der Waals surface area (Å²) < 4.78 is 6.14. The molecule has 19 heavy (non-hydrogen) atoms. The van der Waals surface area contributed by atoms with Gasteiger partial charge in [0.2, 0.25) is 0 Å². The van der Waals surface area contributed by atoms with E-state index in [1.807, 2.05) is 0 Å². The predicted octanol–water partition coefficient (Wildman–Crippen LogP) is 2.10. The van der Waals surface area contributed by atoms with Gasteiger partial charge in [-0.15, -0.1) is 0 Å². The lowest BCUT2D eigenvalue weighted by Crippen LogP contribution is -2.51. The first-order valence-corrected chi connectivity index (χ1v) is 9.13. The van der Waals surface area contributed by atoms with Gasteiger partial charge in [0.15, 0.2) is 0 Å². The zero-order chi connectivity index (χ0) is 13.1. The Morgan fingerprint density at radius 3 is 2.79 bits per heavy atom. The molecular weight excluding hydrogens is 256 g/mol. The largest absolute Gasteiger partial charge is 0.374 e. The molecule has 2 unspecified atom stereocenters. The van der Waals surface area contributed by atoms with Gasteiger partial charge in [-0.25, -0.2) is 0 Å². The highest BCUT2D eigenvalue weighted by Gasteiger charge is 2.42. The fourth-order valence-electron chi connectivity index (χ4n) is 4.02. The minimum atomic E-state index is 0.238. The van der Waals surface area contributed by atoms with Crippen molar-refractivity contribution in [1.82, 2.24) is 4.90 Å². The third kappa shape index (κ3) is 3.29. The maximum Gasteiger partial charge on any atom is 0.0795 e. The fourth-order valence-corrected chi connectivity index (χ4v) is 5.40. The Morgan fingerprint density at radius 2 is 2.11 bits per heavy atom. The first-order chi connectivity index (χ1) is 9.31. The molecule has 110 valence electrons. The van der Waals surface area contributed by atoms with E-state index in [0.717, 1.165) is 25.1 Å². The van der Waals surface area contributed by atoms with Crippen molar-refractivity contribution in [2.24, 2.45) is 11.7 Å². The highest BCUT2D eigenvalue weighted by atomic mass is 32.2. The summed E-state index contributed by atoms with van der Waals surface area (Å²) in [5.74, 6) is 3.41. The van der Waals surface area contributed by atoms with E-state index in [2.05, 4.69) is 16.7 Å². The minimum absolute atomic E-state index is 0.238. The van der Waals surface area contributed by atoms with Crippen molar-refractivity contribution in [3.05, 3.63) is 0 Å². The van der Waals surface area contributed by atoms with Crippen LogP contribution >= 0.6 is 11.8 Å². The van der Waals surface area contributed by atoms with Crippen molar-refractivity contribution in [2.75, 3.05) is 37.7 Å². The molecule has 0 aliphatic carbocycles. The normalized spacial score (nSPS) is 38.1. The van der Waals surface area contributed by atoms with E-state index in [9.17, 15) is 0 Å². The number of rotatable bonds is 3. The van der Waals surface area contributed by atoms with Crippen LogP contribution in [0.1, 0.15) is 38.5 Å². The molecule has 3 aliphatic heterocycles. The SMILES string of the molecule is NCCC1CCN(C2CCOC3(CCSC3)C2)CC1. The first-order valence-electron chi connectivity index (χ1n) is 7.97. The standard InChI is InChI=1S/C15H28N2OS/c16-6-1-13-2-7-17(8-3-13)14-4-9-18-15(11-14)5-10-19-12-15/h13-14H,1-12,16H2. The van der Waals surface area contributed by atoms with Gasteiger partial charge in [-0.3, -0.25) is 0 Å². The van der Waals surface area contributed by atoms with Gasteiger partial charge in [-0.05, 0) is 69.8 Å². The second-order valence-electron chi connectivity index (χ2n) is 6.54. The summed E-state index contributed by atoms with van der Waals surface area (Å²) in [6, 6.07) is 0.784. The Labute approximate surface area is 121 Å². The molecule has 0 aromatic heterocycles. The molecule has 3 saturated heterocycles. The summed E-state index contributed by atoms with van der Waals surface area (Å²) >= 11 is 2.08. The zero-order valence-electron chi connectivity index (χ0n) is 12.0. The summed E-state index contributed by atoms with van der Waals surface area (Å²) in [7, 11) is 0. The van der Waals surface area contributed by atoms with Crippen LogP contribution in [0.25, 0.3) is 0 Å². The van der Waals surface area contributed by atoms with E-state index in [4.69, 9.17) is 10.5 Å². The third-order valence-corrected chi connectivity index (χ3v) is 6.50. The van der Waals surface area contributed by atoms with E-state index in [1.54, 1.807) is 0 Å². The quantitative estimate of drug-likeness (QED) is 0.861. The van der Waals surface area contributed by atoms with Crippen LogP contribution in [0.2, 0.25) is 0 Å². The van der Waals surface area contributed by atoms with Gasteiger partial charge in [0.1, 0.15) is 0 Å². The Hall–Kier alpha value is 0.230. The molecule has 0 aromatic carbocycles. The van der Waals surface area contributed by atoms with Crippen molar-refractivity contribution in [2.45, 2.75) is 50.2 Å². The van der Waals surface area contributed by atoms with E-state index < -0.39 is 0 Å². The Morgan fingerprint density at radius 1 is 1.26 bits per heavy atom. The Kier molecular flexibility index (Phi) is 4.73. The molecule has 3 aliphatic rings. The van der Waals surface area contributed by atoms with Crippen LogP contribution in [0.3, 0.4) is 0 Å². The van der Waals surface area contributed by atoms with Gasteiger partial charge >= 0.3 is 0 Å². The topological polar surface area (TPSA) is 38.5 Å². The Balaban J connectivity index is 1.52. The molecule has 3 rings (SSSR count). The first kappa shape index (κ1) is 14.2. The maximum atomic E-state index is 6.14. The summed E-state index contributed by atoms with van der Waals surface area (Å²) in [6.07, 6.45) is 7.74. The number of thioether (sulfide) groups is 1. The highest BCUT2D eigenvalue weighted by Crippen LogP contribution is 2.40. The van der Waals surface area contributed by atoms with Crippen molar-refractivity contribution in [1.29, 1.82) is 0 Å². The summed E-state index contributed by atoms with van der Waals surface area (Å²) in [6.45, 7) is 4.42. The molecule has 1 spiro atoms. The van der Waals surface area contributed by atoms with Gasteiger partial charge in [0.05, 0.1) is 5.60 Å². The average Bonchev–Trinajstić information content (AvgIpc) is 2.88. The van der Waals surface area contributed by atoms with Crippen molar-refractivity contribution in [3.8, 4) is 0 Å². The summed E-state index contributed by atoms with van der Waals surface area (Å²) in [5.41, 5.74) is 5.92. The number of nitrogens with zero attached hydrogens (tertiary/aromatic N) is 1. The van der Waals surface area contributed by atoms with Crippen LogP contribution in [-0.2, 0) is 4.74 Å². The Bertz CT molecular complexity index is 286. The van der Waals surface area contributed by atoms with Crippen LogP contribution in [-0.4, -0.2) is 54.3 Å². The molecule has 3 fully saturated rings. The molecule has 3 heterocycles. The highest BCUT2D eigenvalue weighted by molar-refractivity contribution is 7.99. The van der Waals surface area contributed by atoms with Crippen LogP contribution in [0, 0.1) is 5.92 Å². The van der Waals surface area contributed by atoms with Gasteiger partial charge < -0.3 is 15.4 Å². The van der Waals surface area contributed by atoms with Crippen LogP contribution in [0.15, 0.2) is 0 Å². The molecule has 2 N–H and O–H groups in total. The van der Waals surface area contributed by atoms with E-state index in [1.165, 1.54) is 63.1 Å². The molecule has 0 aromatic rings. The van der Waals surface area contributed by atoms with Crippen LogP contribution in [0.4, 0.5) is 0 Å². The summed E-state index contributed by atoms with van der Waals surface area (Å²) in [5, 5.41) is 0. The summed E-state index contributed by atoms with van der Waals surface area (Å²) in [4.78, 5) is 2.75. The lowest BCUT2D eigenvalue weighted by Gasteiger charge is -2.45. The molecule has 0 radical (unpaired) electrons. The van der Waals surface area contributed by atoms with E-state index in [0.29, 0.717) is 0 Å². The predicted molar refractivity (Wildman–Crippen MR) is 81.6 cm³/mol. The van der Waals surface area contributed by atoms with Gasteiger partial charge in [-0.1, -0.05) is 0 Å². The number of piperidine rings is 1. The number of ether oxygens (including phenoxy) is 1. The number of hydrogen-bond donors (Lipinski definition) is 1. The van der Waals surface area contributed by atoms with Gasteiger partial charge in [0.25, 0.3) is 0 Å². The molecule has 2 atom stereocenters. The molecule has 0 amide bonds. The van der Waals surface area contributed by atoms with E-state index in [-0.39, 0.29) is 5.60 Å².